The molecule has 7 nitrogen and oxygen atoms in total. The molecular formula is C18H25N3O4. The van der Waals surface area contributed by atoms with Crippen LogP contribution in [0, 0.1) is 5.92 Å². The van der Waals surface area contributed by atoms with Crippen molar-refractivity contribution in [3.63, 3.8) is 0 Å². The summed E-state index contributed by atoms with van der Waals surface area (Å²) in [5.41, 5.74) is 6.26. The zero-order valence-electron chi connectivity index (χ0n) is 14.3. The summed E-state index contributed by atoms with van der Waals surface area (Å²) in [6.45, 7) is 2.73. The van der Waals surface area contributed by atoms with E-state index in [4.69, 9.17) is 15.2 Å². The number of nitrogens with two attached hydrogens (primary N) is 1. The molecule has 2 aliphatic heterocycles. The molecule has 25 heavy (non-hydrogen) atoms. The van der Waals surface area contributed by atoms with Crippen LogP contribution in [0.3, 0.4) is 0 Å². The first-order chi connectivity index (χ1) is 12.1. The second-order valence-corrected chi connectivity index (χ2v) is 6.59. The minimum atomic E-state index is -0.341. The predicted octanol–water partition coefficient (Wildman–Crippen LogP) is 1.26. The van der Waals surface area contributed by atoms with Gasteiger partial charge in [0.15, 0.2) is 0 Å². The number of carbonyl (C=O) groups is 2. The Morgan fingerprint density at radius 3 is 2.96 bits per heavy atom. The molecule has 0 aliphatic carbocycles. The first kappa shape index (κ1) is 17.5. The van der Waals surface area contributed by atoms with Crippen molar-refractivity contribution in [3.8, 4) is 5.75 Å². The fourth-order valence-corrected chi connectivity index (χ4v) is 3.18. The fourth-order valence-electron chi connectivity index (χ4n) is 3.18. The number of likely N-dealkylation sites (tertiary alicyclic amines) is 1. The Kier molecular flexibility index (Phi) is 5.75. The van der Waals surface area contributed by atoms with Crippen molar-refractivity contribution in [1.82, 2.24) is 10.2 Å². The van der Waals surface area contributed by atoms with Crippen LogP contribution in [0.2, 0.25) is 0 Å². The number of ether oxygens (including phenoxy) is 2. The molecule has 0 radical (unpaired) electrons. The number of amides is 3. The Morgan fingerprint density at radius 2 is 2.24 bits per heavy atom. The molecule has 0 aromatic heterocycles. The molecule has 2 saturated heterocycles. The van der Waals surface area contributed by atoms with Gasteiger partial charge in [-0.1, -0.05) is 12.1 Å². The summed E-state index contributed by atoms with van der Waals surface area (Å²) in [5, 5.41) is 2.88. The fraction of sp³-hybridized carbons (Fsp3) is 0.556. The van der Waals surface area contributed by atoms with E-state index in [1.54, 1.807) is 4.90 Å². The van der Waals surface area contributed by atoms with Gasteiger partial charge in [-0.05, 0) is 37.0 Å². The molecule has 0 unspecified atom stereocenters. The molecule has 0 saturated carbocycles. The van der Waals surface area contributed by atoms with Gasteiger partial charge in [0, 0.05) is 26.2 Å². The van der Waals surface area contributed by atoms with E-state index in [1.165, 1.54) is 0 Å². The van der Waals surface area contributed by atoms with E-state index in [0.717, 1.165) is 30.8 Å². The average Bonchev–Trinajstić information content (AvgIpc) is 3.30. The van der Waals surface area contributed by atoms with Crippen molar-refractivity contribution in [2.45, 2.75) is 31.9 Å². The number of carbonyl (C=O) groups excluding carboxylic acids is 2. The molecule has 0 bridgehead atoms. The van der Waals surface area contributed by atoms with Gasteiger partial charge in [0.25, 0.3) is 0 Å². The van der Waals surface area contributed by atoms with Gasteiger partial charge >= 0.3 is 6.03 Å². The highest BCUT2D eigenvalue weighted by Crippen LogP contribution is 2.18. The van der Waals surface area contributed by atoms with Gasteiger partial charge < -0.3 is 25.4 Å². The lowest BCUT2D eigenvalue weighted by Gasteiger charge is -2.17. The van der Waals surface area contributed by atoms with Crippen LogP contribution < -0.4 is 15.8 Å². The van der Waals surface area contributed by atoms with Crippen molar-refractivity contribution in [3.05, 3.63) is 29.8 Å². The second-order valence-electron chi connectivity index (χ2n) is 6.59. The Labute approximate surface area is 147 Å². The third-order valence-corrected chi connectivity index (χ3v) is 4.68. The van der Waals surface area contributed by atoms with Gasteiger partial charge in [-0.2, -0.15) is 0 Å². The lowest BCUT2D eigenvalue weighted by molar-refractivity contribution is -0.121. The molecule has 1 aromatic carbocycles. The van der Waals surface area contributed by atoms with Crippen LogP contribution >= 0.6 is 0 Å². The number of primary amides is 1. The topological polar surface area (TPSA) is 93.9 Å². The van der Waals surface area contributed by atoms with Gasteiger partial charge in [-0.25, -0.2) is 4.79 Å². The lowest BCUT2D eigenvalue weighted by Crippen LogP contribution is -2.39. The van der Waals surface area contributed by atoms with Crippen LogP contribution in [0.4, 0.5) is 4.79 Å². The van der Waals surface area contributed by atoms with Crippen molar-refractivity contribution in [2.24, 2.45) is 11.7 Å². The van der Waals surface area contributed by atoms with Crippen molar-refractivity contribution in [1.29, 1.82) is 0 Å². The third kappa shape index (κ3) is 4.85. The maximum atomic E-state index is 12.2. The molecule has 3 rings (SSSR count). The molecule has 136 valence electrons. The number of nitrogens with zero attached hydrogens (tertiary/aromatic N) is 1. The SMILES string of the molecule is NC(=O)[C@@H]1CCN(C(=O)NCc2cccc(OC[C@H]3CCCO3)c2)C1. The number of rotatable bonds is 6. The second kappa shape index (κ2) is 8.20. The van der Waals surface area contributed by atoms with E-state index >= 15 is 0 Å². The van der Waals surface area contributed by atoms with E-state index < -0.39 is 0 Å². The third-order valence-electron chi connectivity index (χ3n) is 4.68. The number of urea groups is 1. The van der Waals surface area contributed by atoms with E-state index in [1.807, 2.05) is 24.3 Å². The number of benzene rings is 1. The van der Waals surface area contributed by atoms with Gasteiger partial charge in [-0.3, -0.25) is 4.79 Å². The van der Waals surface area contributed by atoms with E-state index in [0.29, 0.717) is 32.7 Å². The van der Waals surface area contributed by atoms with Gasteiger partial charge in [0.2, 0.25) is 5.91 Å². The molecule has 2 heterocycles. The molecule has 3 N–H and O–H groups in total. The molecule has 3 amide bonds. The predicted molar refractivity (Wildman–Crippen MR) is 92.0 cm³/mol. The Hall–Kier alpha value is -2.28. The lowest BCUT2D eigenvalue weighted by atomic mass is 10.1. The minimum absolute atomic E-state index is 0.172. The zero-order valence-corrected chi connectivity index (χ0v) is 14.3. The summed E-state index contributed by atoms with van der Waals surface area (Å²) in [6.07, 6.45) is 2.94. The van der Waals surface area contributed by atoms with Crippen molar-refractivity contribution < 1.29 is 19.1 Å². The molecule has 1 aromatic rings. The zero-order chi connectivity index (χ0) is 17.6. The average molecular weight is 347 g/mol. The van der Waals surface area contributed by atoms with Crippen molar-refractivity contribution >= 4 is 11.9 Å². The first-order valence-electron chi connectivity index (χ1n) is 8.77. The van der Waals surface area contributed by atoms with Crippen LogP contribution in [-0.2, 0) is 16.1 Å². The normalized spacial score (nSPS) is 22.8. The summed E-state index contributed by atoms with van der Waals surface area (Å²) >= 11 is 0. The van der Waals surface area contributed by atoms with Crippen LogP contribution in [0.5, 0.6) is 5.75 Å². The quantitative estimate of drug-likeness (QED) is 0.810. The summed E-state index contributed by atoms with van der Waals surface area (Å²) in [7, 11) is 0. The minimum Gasteiger partial charge on any atom is -0.491 e. The monoisotopic (exact) mass is 347 g/mol. The molecule has 2 atom stereocenters. The summed E-state index contributed by atoms with van der Waals surface area (Å²) in [4.78, 5) is 25.0. The van der Waals surface area contributed by atoms with E-state index in [-0.39, 0.29) is 24.0 Å². The largest absolute Gasteiger partial charge is 0.491 e. The summed E-state index contributed by atoms with van der Waals surface area (Å²) in [5.74, 6) is 0.198. The maximum absolute atomic E-state index is 12.2. The summed E-state index contributed by atoms with van der Waals surface area (Å²) < 4.78 is 11.3. The summed E-state index contributed by atoms with van der Waals surface area (Å²) in [6, 6.07) is 7.50. The number of hydrogen-bond donors (Lipinski definition) is 2. The van der Waals surface area contributed by atoms with Gasteiger partial charge in [-0.15, -0.1) is 0 Å². The molecular weight excluding hydrogens is 322 g/mol. The van der Waals surface area contributed by atoms with Crippen LogP contribution in [-0.4, -0.2) is 49.2 Å². The number of hydrogen-bond acceptors (Lipinski definition) is 4. The Bertz CT molecular complexity index is 616. The van der Waals surface area contributed by atoms with Crippen molar-refractivity contribution in [2.75, 3.05) is 26.3 Å². The Morgan fingerprint density at radius 1 is 1.36 bits per heavy atom. The smallest absolute Gasteiger partial charge is 0.317 e. The highest BCUT2D eigenvalue weighted by molar-refractivity contribution is 5.80. The maximum Gasteiger partial charge on any atom is 0.317 e. The highest BCUT2D eigenvalue weighted by Gasteiger charge is 2.29. The molecule has 7 heteroatoms. The van der Waals surface area contributed by atoms with Crippen LogP contribution in [0.15, 0.2) is 24.3 Å². The molecule has 2 aliphatic rings. The molecule has 0 spiro atoms. The molecule has 2 fully saturated rings. The standard InChI is InChI=1S/C18H25N3O4/c19-17(22)14-6-7-21(11-14)18(23)20-10-13-3-1-4-15(9-13)25-12-16-5-2-8-24-16/h1,3-4,9,14,16H,2,5-8,10-12H2,(H2,19,22)(H,20,23)/t14-,16-/m1/s1. The van der Waals surface area contributed by atoms with Crippen LogP contribution in [0.25, 0.3) is 0 Å². The Balaban J connectivity index is 1.45. The van der Waals surface area contributed by atoms with Crippen LogP contribution in [0.1, 0.15) is 24.8 Å². The van der Waals surface area contributed by atoms with Gasteiger partial charge in [0.05, 0.1) is 12.0 Å². The highest BCUT2D eigenvalue weighted by atomic mass is 16.5. The van der Waals surface area contributed by atoms with E-state index in [2.05, 4.69) is 5.32 Å². The number of nitrogens with one attached hydrogen (secondary N) is 1. The van der Waals surface area contributed by atoms with Gasteiger partial charge in [0.1, 0.15) is 12.4 Å². The first-order valence-corrected chi connectivity index (χ1v) is 8.77. The van der Waals surface area contributed by atoms with E-state index in [9.17, 15) is 9.59 Å².